The van der Waals surface area contributed by atoms with E-state index in [1.165, 1.54) is 34.1 Å². The summed E-state index contributed by atoms with van der Waals surface area (Å²) >= 11 is 0. The predicted molar refractivity (Wildman–Crippen MR) is 244 cm³/mol. The number of benzene rings is 4. The first-order valence-electron chi connectivity index (χ1n) is 23.2. The molecule has 1 aromatic heterocycles. The summed E-state index contributed by atoms with van der Waals surface area (Å²) in [7, 11) is -3.79. The van der Waals surface area contributed by atoms with Gasteiger partial charge in [-0.1, -0.05) is 41.6 Å². The first kappa shape index (κ1) is 44.0. The lowest BCUT2D eigenvalue weighted by Crippen LogP contribution is -2.53. The molecule has 4 atom stereocenters. The molecule has 352 valence electrons. The van der Waals surface area contributed by atoms with Crippen molar-refractivity contribution < 1.29 is 51.5 Å². The molecule has 4 unspecified atom stereocenters. The fraction of sp³-hybridized carbons (Fsp3) is 0.400. The van der Waals surface area contributed by atoms with Gasteiger partial charge in [0.2, 0.25) is 5.91 Å². The monoisotopic (exact) mass is 944 g/mol. The van der Waals surface area contributed by atoms with Gasteiger partial charge < -0.3 is 39.7 Å². The molecule has 0 spiro atoms. The number of carbonyl (C=O) groups is 5. The SMILES string of the molecule is O=C(Nc1noc2ccc(-c3ccc(C(=O)N4CCN(C(=O)C5(O)CC5)CC4)cc3)cc12)C1CC1C1CC1S(=O)(=O)c1cccc(-c2ccc(C(=O)N3CCN(C(=O)C4(O)CC4)CC3)c(F)c2)c1. The van der Waals surface area contributed by atoms with Crippen molar-refractivity contribution in [3.63, 3.8) is 0 Å². The lowest BCUT2D eigenvalue weighted by Gasteiger charge is -2.35. The van der Waals surface area contributed by atoms with E-state index < -0.39 is 43.9 Å². The van der Waals surface area contributed by atoms with Gasteiger partial charge in [-0.3, -0.25) is 24.0 Å². The second kappa shape index (κ2) is 16.3. The second-order valence-corrected chi connectivity index (χ2v) is 21.4. The predicted octanol–water partition coefficient (Wildman–Crippen LogP) is 4.36. The fourth-order valence-electron chi connectivity index (χ4n) is 9.94. The number of anilines is 1. The number of hydrogen-bond acceptors (Lipinski definition) is 11. The maximum absolute atomic E-state index is 15.5. The minimum Gasteiger partial charge on any atom is -0.380 e. The Labute approximate surface area is 390 Å². The van der Waals surface area contributed by atoms with E-state index in [1.54, 1.807) is 46.2 Å². The summed E-state index contributed by atoms with van der Waals surface area (Å²) in [5.74, 6) is -2.73. The first-order valence-corrected chi connectivity index (χ1v) is 24.7. The second-order valence-electron chi connectivity index (χ2n) is 19.3. The molecule has 16 nitrogen and oxygen atoms in total. The third kappa shape index (κ3) is 8.11. The molecule has 3 heterocycles. The molecule has 2 aliphatic heterocycles. The lowest BCUT2D eigenvalue weighted by molar-refractivity contribution is -0.144. The molecule has 6 fully saturated rings. The molecular formula is C50H49FN6O10S. The van der Waals surface area contributed by atoms with Crippen LogP contribution >= 0.6 is 0 Å². The normalized spacial score (nSPS) is 23.5. The smallest absolute Gasteiger partial charge is 0.256 e. The van der Waals surface area contributed by atoms with Gasteiger partial charge in [0.1, 0.15) is 17.0 Å². The minimum absolute atomic E-state index is 0.0948. The van der Waals surface area contributed by atoms with Crippen LogP contribution in [0.4, 0.5) is 10.2 Å². The van der Waals surface area contributed by atoms with Gasteiger partial charge in [0.15, 0.2) is 21.2 Å². The van der Waals surface area contributed by atoms with Gasteiger partial charge in [-0.2, -0.15) is 0 Å². The van der Waals surface area contributed by atoms with Crippen molar-refractivity contribution in [3.05, 3.63) is 102 Å². The molecule has 68 heavy (non-hydrogen) atoms. The van der Waals surface area contributed by atoms with Gasteiger partial charge in [-0.05, 0) is 121 Å². The summed E-state index contributed by atoms with van der Waals surface area (Å²) in [6.45, 7) is 2.43. The van der Waals surface area contributed by atoms with Crippen molar-refractivity contribution in [2.45, 2.75) is 59.9 Å². The molecule has 5 aromatic rings. The number of piperazine rings is 2. The van der Waals surface area contributed by atoms with E-state index >= 15 is 4.39 Å². The van der Waals surface area contributed by atoms with Gasteiger partial charge in [-0.15, -0.1) is 0 Å². The highest BCUT2D eigenvalue weighted by atomic mass is 32.2. The summed E-state index contributed by atoms with van der Waals surface area (Å²) in [4.78, 5) is 71.6. The number of rotatable bonds is 11. The number of fused-ring (bicyclic) bond motifs is 1. The highest BCUT2D eigenvalue weighted by molar-refractivity contribution is 7.92. The lowest BCUT2D eigenvalue weighted by atomic mass is 10.0. The Bertz CT molecular complexity index is 3030. The molecule has 4 aromatic carbocycles. The Morgan fingerprint density at radius 2 is 1.21 bits per heavy atom. The Kier molecular flexibility index (Phi) is 10.6. The van der Waals surface area contributed by atoms with Crippen LogP contribution in [0.1, 0.15) is 59.2 Å². The van der Waals surface area contributed by atoms with Crippen LogP contribution in [0.25, 0.3) is 33.2 Å². The van der Waals surface area contributed by atoms with E-state index in [1.807, 2.05) is 24.3 Å². The zero-order chi connectivity index (χ0) is 47.3. The average Bonchev–Trinajstić information content (AvgIpc) is 4.17. The van der Waals surface area contributed by atoms with Crippen molar-refractivity contribution in [1.82, 2.24) is 24.8 Å². The Balaban J connectivity index is 0.688. The number of nitrogens with one attached hydrogen (secondary N) is 1. The molecular weight excluding hydrogens is 896 g/mol. The molecule has 18 heteroatoms. The van der Waals surface area contributed by atoms with Crippen molar-refractivity contribution in [2.24, 2.45) is 17.8 Å². The van der Waals surface area contributed by atoms with Gasteiger partial charge in [-0.25, -0.2) is 12.8 Å². The van der Waals surface area contributed by atoms with Crippen LogP contribution in [-0.4, -0.2) is 142 Å². The summed E-state index contributed by atoms with van der Waals surface area (Å²) < 4.78 is 48.9. The van der Waals surface area contributed by atoms with Crippen molar-refractivity contribution in [3.8, 4) is 22.3 Å². The highest BCUT2D eigenvalue weighted by Crippen LogP contribution is 2.58. The maximum Gasteiger partial charge on any atom is 0.256 e. The third-order valence-corrected chi connectivity index (χ3v) is 17.0. The van der Waals surface area contributed by atoms with Crippen LogP contribution < -0.4 is 5.32 Å². The van der Waals surface area contributed by atoms with E-state index in [2.05, 4.69) is 10.5 Å². The Hall–Kier alpha value is -6.50. The number of nitrogens with zero attached hydrogens (tertiary/aromatic N) is 5. The number of sulfone groups is 1. The molecule has 4 aliphatic carbocycles. The quantitative estimate of drug-likeness (QED) is 0.169. The van der Waals surface area contributed by atoms with E-state index in [-0.39, 0.29) is 77.9 Å². The fourth-order valence-corrected chi connectivity index (χ4v) is 12.0. The van der Waals surface area contributed by atoms with Crippen molar-refractivity contribution >= 4 is 56.2 Å². The van der Waals surface area contributed by atoms with Crippen LogP contribution in [0, 0.1) is 23.6 Å². The molecule has 5 amide bonds. The van der Waals surface area contributed by atoms with Gasteiger partial charge in [0.05, 0.1) is 21.1 Å². The molecule has 0 radical (unpaired) electrons. The van der Waals surface area contributed by atoms with Gasteiger partial charge in [0.25, 0.3) is 23.6 Å². The van der Waals surface area contributed by atoms with E-state index in [4.69, 9.17) is 4.52 Å². The zero-order valence-corrected chi connectivity index (χ0v) is 37.8. The number of aliphatic hydroxyl groups is 2. The average molecular weight is 945 g/mol. The first-order chi connectivity index (χ1) is 32.6. The highest BCUT2D eigenvalue weighted by Gasteiger charge is 2.60. The number of carbonyl (C=O) groups excluding carboxylic acids is 5. The molecule has 2 saturated heterocycles. The summed E-state index contributed by atoms with van der Waals surface area (Å²) in [6, 6.07) is 23.1. The number of halogens is 1. The molecule has 6 aliphatic rings. The third-order valence-electron chi connectivity index (χ3n) is 14.7. The number of aromatic nitrogens is 1. The standard InChI is InChI=1S/C50H49FN6O10S/c51-40-26-33(8-10-35(40)46(60)55-18-22-57(23-19-55)48(62)50(64)14-15-50)31-2-1-3-34(24-31)68(65,66)42-28-37(42)36-27-38(36)44(58)52-43-39-25-32(9-11-41(39)67-53-43)29-4-6-30(7-5-29)45(59)54-16-20-56(21-17-54)47(61)49(63)12-13-49/h1-11,24-26,36-38,42,63-64H,12-23,27-28H2,(H,52,53,58). The van der Waals surface area contributed by atoms with E-state index in [9.17, 15) is 42.6 Å². The molecule has 3 N–H and O–H groups in total. The molecule has 11 rings (SSSR count). The number of hydrogen-bond donors (Lipinski definition) is 3. The van der Waals surface area contributed by atoms with Crippen LogP contribution in [0.3, 0.4) is 0 Å². The van der Waals surface area contributed by atoms with Crippen molar-refractivity contribution in [1.29, 1.82) is 0 Å². The Morgan fingerprint density at radius 1 is 0.647 bits per heavy atom. The van der Waals surface area contributed by atoms with Crippen LogP contribution in [0.2, 0.25) is 0 Å². The molecule has 0 bridgehead atoms. The minimum atomic E-state index is -3.79. The van der Waals surface area contributed by atoms with Crippen LogP contribution in [0.15, 0.2) is 94.3 Å². The van der Waals surface area contributed by atoms with Gasteiger partial charge in [0, 0.05) is 63.8 Å². The van der Waals surface area contributed by atoms with Crippen molar-refractivity contribution in [2.75, 3.05) is 57.7 Å². The maximum atomic E-state index is 15.5. The zero-order valence-electron chi connectivity index (χ0n) is 37.0. The van der Waals surface area contributed by atoms with E-state index in [0.29, 0.717) is 92.4 Å². The summed E-state index contributed by atoms with van der Waals surface area (Å²) in [5.41, 5.74) is 0.845. The van der Waals surface area contributed by atoms with Crippen LogP contribution in [-0.2, 0) is 24.2 Å². The van der Waals surface area contributed by atoms with E-state index in [0.717, 1.165) is 11.1 Å². The summed E-state index contributed by atoms with van der Waals surface area (Å²) in [6.07, 6.45) is 2.78. The summed E-state index contributed by atoms with van der Waals surface area (Å²) in [5, 5.41) is 27.3. The Morgan fingerprint density at radius 3 is 1.82 bits per heavy atom. The molecule has 4 saturated carbocycles. The topological polar surface area (TPSA) is 211 Å². The van der Waals surface area contributed by atoms with Gasteiger partial charge >= 0.3 is 0 Å². The largest absolute Gasteiger partial charge is 0.380 e. The number of amides is 5. The van der Waals surface area contributed by atoms with Crippen LogP contribution in [0.5, 0.6) is 0 Å².